The van der Waals surface area contributed by atoms with Crippen LogP contribution in [0, 0.1) is 13.8 Å². The van der Waals surface area contributed by atoms with Crippen LogP contribution in [0.1, 0.15) is 10.4 Å². The minimum absolute atomic E-state index is 0.0943. The summed E-state index contributed by atoms with van der Waals surface area (Å²) in [6, 6.07) is 9.53. The molecule has 4 rings (SSSR count). The number of hydrogen-bond donors (Lipinski definition) is 1. The first-order chi connectivity index (χ1) is 12.5. The third-order valence-corrected chi connectivity index (χ3v) is 5.46. The number of thiophene rings is 1. The number of para-hydroxylation sites is 1. The van der Waals surface area contributed by atoms with Crippen LogP contribution in [0.25, 0.3) is 21.1 Å². The molecule has 0 unspecified atom stereocenters. The van der Waals surface area contributed by atoms with Gasteiger partial charge in [-0.05, 0) is 31.5 Å². The number of nitrogens with one attached hydrogen (secondary N) is 1. The van der Waals surface area contributed by atoms with E-state index in [0.29, 0.717) is 15.9 Å². The second-order valence-corrected chi connectivity index (χ2v) is 7.31. The number of hydrogen-bond acceptors (Lipinski definition) is 5. The smallest absolute Gasteiger partial charge is 0.262 e. The molecule has 130 valence electrons. The van der Waals surface area contributed by atoms with Crippen LogP contribution < -0.4 is 10.9 Å². The fourth-order valence-electron chi connectivity index (χ4n) is 2.88. The molecular formula is C19H16N4O2S. The number of nitrogens with zero attached hydrogens (tertiary/aromatic N) is 3. The number of carbonyl (C=O) groups excluding carboxylic acids is 1. The Morgan fingerprint density at radius 3 is 2.88 bits per heavy atom. The molecule has 0 radical (unpaired) electrons. The summed E-state index contributed by atoms with van der Waals surface area (Å²) in [7, 11) is 0. The monoisotopic (exact) mass is 364 g/mol. The first-order valence-electron chi connectivity index (χ1n) is 8.13. The minimum atomic E-state index is -0.296. The molecule has 0 fully saturated rings. The Morgan fingerprint density at radius 1 is 1.23 bits per heavy atom. The van der Waals surface area contributed by atoms with Gasteiger partial charge in [-0.15, -0.1) is 11.3 Å². The lowest BCUT2D eigenvalue weighted by atomic mass is 10.2. The van der Waals surface area contributed by atoms with Gasteiger partial charge in [0.1, 0.15) is 11.4 Å². The highest BCUT2D eigenvalue weighted by Crippen LogP contribution is 2.25. The average Bonchev–Trinajstić information content (AvgIpc) is 2.92. The molecule has 6 nitrogen and oxygen atoms in total. The summed E-state index contributed by atoms with van der Waals surface area (Å²) in [4.78, 5) is 35.4. The highest BCUT2D eigenvalue weighted by Gasteiger charge is 2.14. The van der Waals surface area contributed by atoms with E-state index in [0.717, 1.165) is 21.3 Å². The van der Waals surface area contributed by atoms with Crippen molar-refractivity contribution in [2.24, 2.45) is 0 Å². The highest BCUT2D eigenvalue weighted by atomic mass is 32.1. The molecule has 0 saturated carbocycles. The van der Waals surface area contributed by atoms with Crippen molar-refractivity contribution in [1.82, 2.24) is 14.5 Å². The number of rotatable bonds is 3. The van der Waals surface area contributed by atoms with E-state index in [1.807, 2.05) is 44.2 Å². The van der Waals surface area contributed by atoms with Gasteiger partial charge in [-0.3, -0.25) is 19.1 Å². The van der Waals surface area contributed by atoms with Crippen LogP contribution in [0.4, 0.5) is 5.69 Å². The molecule has 1 aromatic carbocycles. The van der Waals surface area contributed by atoms with Gasteiger partial charge in [0.25, 0.3) is 5.56 Å². The summed E-state index contributed by atoms with van der Waals surface area (Å²) >= 11 is 1.49. The number of aromatic nitrogens is 3. The number of benzene rings is 1. The van der Waals surface area contributed by atoms with E-state index < -0.39 is 0 Å². The largest absolute Gasteiger partial charge is 0.323 e. The molecule has 3 aromatic heterocycles. The zero-order valence-electron chi connectivity index (χ0n) is 14.3. The summed E-state index contributed by atoms with van der Waals surface area (Å²) in [5.41, 5.74) is 2.19. The molecule has 0 atom stereocenters. The second kappa shape index (κ2) is 6.34. The number of pyridine rings is 1. The fraction of sp³-hybridized carbons (Fsp3) is 0.158. The molecule has 3 heterocycles. The van der Waals surface area contributed by atoms with Crippen molar-refractivity contribution in [3.8, 4) is 0 Å². The van der Waals surface area contributed by atoms with Gasteiger partial charge in [0.05, 0.1) is 29.1 Å². The van der Waals surface area contributed by atoms with Crippen molar-refractivity contribution in [2.45, 2.75) is 20.4 Å². The Morgan fingerprint density at radius 2 is 2.04 bits per heavy atom. The third kappa shape index (κ3) is 2.86. The topological polar surface area (TPSA) is 76.9 Å². The van der Waals surface area contributed by atoms with E-state index in [9.17, 15) is 9.59 Å². The van der Waals surface area contributed by atoms with Crippen LogP contribution in [-0.4, -0.2) is 20.4 Å². The Kier molecular flexibility index (Phi) is 4.00. The molecule has 4 aromatic rings. The van der Waals surface area contributed by atoms with Crippen molar-refractivity contribution < 1.29 is 4.79 Å². The quantitative estimate of drug-likeness (QED) is 0.605. The molecule has 0 aliphatic heterocycles. The van der Waals surface area contributed by atoms with E-state index >= 15 is 0 Å². The van der Waals surface area contributed by atoms with Crippen molar-refractivity contribution in [2.75, 3.05) is 5.32 Å². The van der Waals surface area contributed by atoms with Crippen LogP contribution in [-0.2, 0) is 11.3 Å². The minimum Gasteiger partial charge on any atom is -0.323 e. The van der Waals surface area contributed by atoms with Crippen molar-refractivity contribution in [3.05, 3.63) is 63.7 Å². The zero-order chi connectivity index (χ0) is 18.3. The Bertz CT molecular complexity index is 1210. The van der Waals surface area contributed by atoms with Gasteiger partial charge in [0.15, 0.2) is 0 Å². The summed E-state index contributed by atoms with van der Waals surface area (Å²) in [5.74, 6) is -0.296. The van der Waals surface area contributed by atoms with E-state index in [1.165, 1.54) is 22.2 Å². The predicted molar refractivity (Wildman–Crippen MR) is 104 cm³/mol. The summed E-state index contributed by atoms with van der Waals surface area (Å²) in [6.45, 7) is 3.77. The normalized spacial score (nSPS) is 11.2. The Labute approximate surface area is 153 Å². The summed E-state index contributed by atoms with van der Waals surface area (Å²) in [6.07, 6.45) is 3.04. The number of aryl methyl sites for hydroxylation is 2. The molecule has 7 heteroatoms. The molecule has 1 N–H and O–H groups in total. The van der Waals surface area contributed by atoms with Crippen molar-refractivity contribution >= 4 is 44.1 Å². The number of anilines is 1. The lowest BCUT2D eigenvalue weighted by molar-refractivity contribution is -0.116. The van der Waals surface area contributed by atoms with Gasteiger partial charge < -0.3 is 5.32 Å². The van der Waals surface area contributed by atoms with Crippen LogP contribution in [0.2, 0.25) is 0 Å². The van der Waals surface area contributed by atoms with E-state index in [2.05, 4.69) is 15.3 Å². The van der Waals surface area contributed by atoms with Crippen molar-refractivity contribution in [3.63, 3.8) is 0 Å². The lowest BCUT2D eigenvalue weighted by Crippen LogP contribution is -2.27. The molecule has 0 bridgehead atoms. The van der Waals surface area contributed by atoms with E-state index in [1.54, 1.807) is 6.20 Å². The highest BCUT2D eigenvalue weighted by molar-refractivity contribution is 7.18. The average molecular weight is 364 g/mol. The maximum absolute atomic E-state index is 12.7. The second-order valence-electron chi connectivity index (χ2n) is 6.11. The van der Waals surface area contributed by atoms with Crippen LogP contribution >= 0.6 is 11.3 Å². The molecule has 0 saturated heterocycles. The molecule has 0 spiro atoms. The molecule has 0 aliphatic rings. The van der Waals surface area contributed by atoms with Crippen LogP contribution in [0.3, 0.4) is 0 Å². The van der Waals surface area contributed by atoms with Gasteiger partial charge in [-0.2, -0.15) is 0 Å². The van der Waals surface area contributed by atoms with Gasteiger partial charge in [-0.25, -0.2) is 4.98 Å². The predicted octanol–water partition coefficient (Wildman–Crippen LogP) is 3.26. The van der Waals surface area contributed by atoms with Gasteiger partial charge >= 0.3 is 0 Å². The molecular weight excluding hydrogens is 348 g/mol. The molecule has 0 aliphatic carbocycles. The van der Waals surface area contributed by atoms with Gasteiger partial charge in [-0.1, -0.05) is 18.2 Å². The number of fused-ring (bicyclic) bond motifs is 2. The summed E-state index contributed by atoms with van der Waals surface area (Å²) < 4.78 is 1.34. The summed E-state index contributed by atoms with van der Waals surface area (Å²) in [5, 5.41) is 4.32. The lowest BCUT2D eigenvalue weighted by Gasteiger charge is -2.08. The number of carbonyl (C=O) groups is 1. The first-order valence-corrected chi connectivity index (χ1v) is 8.94. The van der Waals surface area contributed by atoms with E-state index in [4.69, 9.17) is 0 Å². The first kappa shape index (κ1) is 16.4. The Balaban J connectivity index is 1.59. The maximum Gasteiger partial charge on any atom is 0.262 e. The molecule has 26 heavy (non-hydrogen) atoms. The maximum atomic E-state index is 12.7. The van der Waals surface area contributed by atoms with Crippen molar-refractivity contribution in [1.29, 1.82) is 0 Å². The molecule has 1 amide bonds. The van der Waals surface area contributed by atoms with Gasteiger partial charge in [0.2, 0.25) is 5.91 Å². The van der Waals surface area contributed by atoms with Crippen LogP contribution in [0.5, 0.6) is 0 Å². The number of amides is 1. The third-order valence-electron chi connectivity index (χ3n) is 4.34. The standard InChI is InChI=1S/C19H16N4O2S/c1-11-12(2)26-18-17(11)19(25)23(10-21-18)9-16(24)22-14-7-13-5-3-4-6-15(13)20-8-14/h3-8,10H,9H2,1-2H3,(H,22,24). The van der Waals surface area contributed by atoms with Crippen LogP contribution in [0.15, 0.2) is 47.7 Å². The SMILES string of the molecule is Cc1sc2ncn(CC(=O)Nc3cnc4ccccc4c3)c(=O)c2c1C. The fourth-order valence-corrected chi connectivity index (χ4v) is 3.86. The van der Waals surface area contributed by atoms with E-state index in [-0.39, 0.29) is 18.0 Å². The zero-order valence-corrected chi connectivity index (χ0v) is 15.1. The Hall–Kier alpha value is -3.06. The van der Waals surface area contributed by atoms with Gasteiger partial charge in [0, 0.05) is 10.3 Å².